The number of rotatable bonds is 4. The molecule has 1 heterocycles. The third-order valence-electron chi connectivity index (χ3n) is 3.77. The molecule has 0 aromatic carbocycles. The lowest BCUT2D eigenvalue weighted by molar-refractivity contribution is -0.0645. The predicted molar refractivity (Wildman–Crippen MR) is 72.5 cm³/mol. The molecule has 0 radical (unpaired) electrons. The van der Waals surface area contributed by atoms with Crippen molar-refractivity contribution in [3.8, 4) is 0 Å². The zero-order chi connectivity index (χ0) is 13.0. The Kier molecular flexibility index (Phi) is 4.17. The predicted octanol–water partition coefficient (Wildman–Crippen LogP) is 2.96. The standard InChI is InChI=1S/C14H23N3O/c1-4-15-12-7-9-16-13(17-12)14(18-3)8-5-6-11(2)10-14/h7,9,11H,4-6,8,10H2,1-3H3,(H,15,16,17). The molecule has 1 aliphatic carbocycles. The van der Waals surface area contributed by atoms with Crippen LogP contribution in [0.4, 0.5) is 5.82 Å². The first-order valence-corrected chi connectivity index (χ1v) is 6.83. The second kappa shape index (κ2) is 5.65. The van der Waals surface area contributed by atoms with E-state index < -0.39 is 0 Å². The van der Waals surface area contributed by atoms with Crippen LogP contribution in [0.3, 0.4) is 0 Å². The molecule has 2 unspecified atom stereocenters. The van der Waals surface area contributed by atoms with Gasteiger partial charge >= 0.3 is 0 Å². The van der Waals surface area contributed by atoms with E-state index in [9.17, 15) is 0 Å². The molecule has 1 aliphatic rings. The fraction of sp³-hybridized carbons (Fsp3) is 0.714. The molecule has 0 bridgehead atoms. The summed E-state index contributed by atoms with van der Waals surface area (Å²) >= 11 is 0. The van der Waals surface area contributed by atoms with E-state index in [4.69, 9.17) is 4.74 Å². The van der Waals surface area contributed by atoms with Gasteiger partial charge in [0.15, 0.2) is 5.82 Å². The summed E-state index contributed by atoms with van der Waals surface area (Å²) < 4.78 is 5.82. The van der Waals surface area contributed by atoms with E-state index in [0.717, 1.165) is 31.0 Å². The number of ether oxygens (including phenoxy) is 1. The molecule has 0 saturated heterocycles. The van der Waals surface area contributed by atoms with Gasteiger partial charge < -0.3 is 10.1 Å². The van der Waals surface area contributed by atoms with Crippen molar-refractivity contribution in [1.82, 2.24) is 9.97 Å². The molecule has 1 aromatic heterocycles. The van der Waals surface area contributed by atoms with Gasteiger partial charge in [-0.25, -0.2) is 9.97 Å². The fourth-order valence-corrected chi connectivity index (χ4v) is 2.84. The summed E-state index contributed by atoms with van der Waals surface area (Å²) in [6, 6.07) is 1.91. The van der Waals surface area contributed by atoms with Crippen molar-refractivity contribution in [1.29, 1.82) is 0 Å². The first kappa shape index (κ1) is 13.3. The maximum absolute atomic E-state index is 5.82. The van der Waals surface area contributed by atoms with Crippen LogP contribution in [0, 0.1) is 5.92 Å². The molecule has 0 aliphatic heterocycles. The van der Waals surface area contributed by atoms with Gasteiger partial charge in [0.1, 0.15) is 11.4 Å². The minimum atomic E-state index is -0.289. The first-order valence-electron chi connectivity index (χ1n) is 6.83. The Labute approximate surface area is 109 Å². The summed E-state index contributed by atoms with van der Waals surface area (Å²) in [7, 11) is 1.78. The van der Waals surface area contributed by atoms with E-state index in [1.165, 1.54) is 12.8 Å². The van der Waals surface area contributed by atoms with Gasteiger partial charge in [0.05, 0.1) is 0 Å². The average Bonchev–Trinajstić information content (AvgIpc) is 2.39. The molecule has 1 aromatic rings. The molecule has 2 rings (SSSR count). The van der Waals surface area contributed by atoms with Gasteiger partial charge in [0.25, 0.3) is 0 Å². The van der Waals surface area contributed by atoms with Crippen LogP contribution < -0.4 is 5.32 Å². The Balaban J connectivity index is 2.28. The van der Waals surface area contributed by atoms with Crippen LogP contribution in [0.2, 0.25) is 0 Å². The van der Waals surface area contributed by atoms with Crippen LogP contribution in [0.15, 0.2) is 12.3 Å². The number of methoxy groups -OCH3 is 1. The lowest BCUT2D eigenvalue weighted by Gasteiger charge is -2.37. The number of anilines is 1. The maximum atomic E-state index is 5.82. The Bertz CT molecular complexity index is 396. The van der Waals surface area contributed by atoms with E-state index in [1.807, 2.05) is 12.3 Å². The molecular formula is C14H23N3O. The summed E-state index contributed by atoms with van der Waals surface area (Å²) in [5, 5.41) is 3.23. The topological polar surface area (TPSA) is 47.0 Å². The largest absolute Gasteiger partial charge is 0.370 e. The number of nitrogens with one attached hydrogen (secondary N) is 1. The lowest BCUT2D eigenvalue weighted by atomic mass is 9.78. The van der Waals surface area contributed by atoms with Crippen molar-refractivity contribution in [2.45, 2.75) is 45.1 Å². The Morgan fingerprint density at radius 3 is 3.06 bits per heavy atom. The molecule has 1 fully saturated rings. The maximum Gasteiger partial charge on any atom is 0.162 e. The summed E-state index contributed by atoms with van der Waals surface area (Å²) in [5.74, 6) is 2.39. The molecule has 4 heteroatoms. The zero-order valence-electron chi connectivity index (χ0n) is 11.6. The van der Waals surface area contributed by atoms with Crippen LogP contribution in [-0.4, -0.2) is 23.6 Å². The number of hydrogen-bond donors (Lipinski definition) is 1. The van der Waals surface area contributed by atoms with Crippen molar-refractivity contribution < 1.29 is 4.74 Å². The van der Waals surface area contributed by atoms with Gasteiger partial charge in [-0.05, 0) is 38.2 Å². The van der Waals surface area contributed by atoms with Crippen molar-refractivity contribution >= 4 is 5.82 Å². The highest BCUT2D eigenvalue weighted by Gasteiger charge is 2.39. The third kappa shape index (κ3) is 2.64. The second-order valence-electron chi connectivity index (χ2n) is 5.20. The summed E-state index contributed by atoms with van der Waals surface area (Å²) in [4.78, 5) is 9.06. The number of aromatic nitrogens is 2. The average molecular weight is 249 g/mol. The summed E-state index contributed by atoms with van der Waals surface area (Å²) in [5.41, 5.74) is -0.289. The smallest absolute Gasteiger partial charge is 0.162 e. The van der Waals surface area contributed by atoms with Crippen LogP contribution >= 0.6 is 0 Å². The first-order chi connectivity index (χ1) is 8.70. The zero-order valence-corrected chi connectivity index (χ0v) is 11.6. The molecule has 1 N–H and O–H groups in total. The van der Waals surface area contributed by atoms with Gasteiger partial charge in [-0.15, -0.1) is 0 Å². The molecule has 100 valence electrons. The van der Waals surface area contributed by atoms with E-state index in [0.29, 0.717) is 5.92 Å². The molecule has 0 spiro atoms. The van der Waals surface area contributed by atoms with Gasteiger partial charge in [-0.2, -0.15) is 0 Å². The molecule has 2 atom stereocenters. The highest BCUT2D eigenvalue weighted by Crippen LogP contribution is 2.41. The molecule has 4 nitrogen and oxygen atoms in total. The quantitative estimate of drug-likeness (QED) is 0.891. The minimum Gasteiger partial charge on any atom is -0.370 e. The molecule has 18 heavy (non-hydrogen) atoms. The Morgan fingerprint density at radius 1 is 1.56 bits per heavy atom. The summed E-state index contributed by atoms with van der Waals surface area (Å²) in [6.07, 6.45) is 6.31. The monoisotopic (exact) mass is 249 g/mol. The number of hydrogen-bond acceptors (Lipinski definition) is 4. The van der Waals surface area contributed by atoms with Crippen LogP contribution in [0.25, 0.3) is 0 Å². The van der Waals surface area contributed by atoms with Crippen molar-refractivity contribution in [2.75, 3.05) is 19.0 Å². The molecule has 1 saturated carbocycles. The van der Waals surface area contributed by atoms with E-state index in [1.54, 1.807) is 7.11 Å². The Hall–Kier alpha value is -1.16. The number of nitrogens with zero attached hydrogens (tertiary/aromatic N) is 2. The highest BCUT2D eigenvalue weighted by atomic mass is 16.5. The summed E-state index contributed by atoms with van der Waals surface area (Å²) in [6.45, 7) is 5.21. The van der Waals surface area contributed by atoms with Crippen LogP contribution in [0.5, 0.6) is 0 Å². The lowest BCUT2D eigenvalue weighted by Crippen LogP contribution is -2.36. The fourth-order valence-electron chi connectivity index (χ4n) is 2.84. The van der Waals surface area contributed by atoms with Crippen LogP contribution in [-0.2, 0) is 10.3 Å². The van der Waals surface area contributed by atoms with Gasteiger partial charge in [0.2, 0.25) is 0 Å². The molecular weight excluding hydrogens is 226 g/mol. The van der Waals surface area contributed by atoms with Crippen molar-refractivity contribution in [3.05, 3.63) is 18.1 Å². The second-order valence-corrected chi connectivity index (χ2v) is 5.20. The van der Waals surface area contributed by atoms with E-state index >= 15 is 0 Å². The van der Waals surface area contributed by atoms with Gasteiger partial charge in [-0.1, -0.05) is 13.3 Å². The highest BCUT2D eigenvalue weighted by molar-refractivity contribution is 5.33. The third-order valence-corrected chi connectivity index (χ3v) is 3.77. The van der Waals surface area contributed by atoms with Crippen molar-refractivity contribution in [3.63, 3.8) is 0 Å². The van der Waals surface area contributed by atoms with Crippen molar-refractivity contribution in [2.24, 2.45) is 5.92 Å². The molecule has 0 amide bonds. The van der Waals surface area contributed by atoms with Crippen LogP contribution in [0.1, 0.15) is 45.4 Å². The van der Waals surface area contributed by atoms with E-state index in [2.05, 4.69) is 29.1 Å². The van der Waals surface area contributed by atoms with E-state index in [-0.39, 0.29) is 5.60 Å². The normalized spacial score (nSPS) is 28.1. The Morgan fingerprint density at radius 2 is 2.39 bits per heavy atom. The van der Waals surface area contributed by atoms with Gasteiger partial charge in [-0.3, -0.25) is 0 Å². The SMILES string of the molecule is CCNc1ccnc(C2(OC)CCCC(C)C2)n1. The minimum absolute atomic E-state index is 0.289. The van der Waals surface area contributed by atoms with Gasteiger partial charge in [0, 0.05) is 19.9 Å².